The summed E-state index contributed by atoms with van der Waals surface area (Å²) in [4.78, 5) is 22.7. The average molecular weight is 327 g/mol. The topological polar surface area (TPSA) is 63.6 Å². The van der Waals surface area contributed by atoms with E-state index in [1.165, 1.54) is 0 Å². The number of rotatable bonds is 11. The number of carbonyl (C=O) groups excluding carboxylic acids is 1. The molecule has 6 heteroatoms. The van der Waals surface area contributed by atoms with Crippen molar-refractivity contribution in [3.05, 3.63) is 0 Å². The van der Waals surface area contributed by atoms with Crippen molar-refractivity contribution in [1.29, 1.82) is 0 Å². The number of esters is 1. The minimum Gasteiger partial charge on any atom is -0.481 e. The summed E-state index contributed by atoms with van der Waals surface area (Å²) in [5.74, 6) is -2.45. The number of carboxylic acids is 1. The van der Waals surface area contributed by atoms with Crippen LogP contribution in [0, 0.1) is 5.92 Å². The van der Waals surface area contributed by atoms with Crippen LogP contribution in [0.3, 0.4) is 0 Å². The summed E-state index contributed by atoms with van der Waals surface area (Å²) >= 11 is 12.1. The quantitative estimate of drug-likeness (QED) is 0.351. The zero-order valence-electron chi connectivity index (χ0n) is 12.2. The highest BCUT2D eigenvalue weighted by Gasteiger charge is 2.42. The second-order valence-corrected chi connectivity index (χ2v) is 6.38. The molecule has 0 saturated heterocycles. The number of halogens is 2. The minimum atomic E-state index is -1.62. The van der Waals surface area contributed by atoms with Crippen LogP contribution in [0.1, 0.15) is 58.8 Å². The second-order valence-electron chi connectivity index (χ2n) is 4.84. The van der Waals surface area contributed by atoms with Crippen molar-refractivity contribution in [2.45, 2.75) is 63.1 Å². The van der Waals surface area contributed by atoms with E-state index >= 15 is 0 Å². The Bertz CT molecular complexity index is 306. The number of carbonyl (C=O) groups is 2. The standard InChI is InChI=1S/C14H24Cl2O4/c1-3-5-6-7-8-9-11(13(19)20-4-2)14(15,16)10-12(17)18/h11H,3-10H2,1-2H3,(H,17,18). The predicted octanol–water partition coefficient (Wildman–Crippen LogP) is 4.17. The maximum absolute atomic E-state index is 11.9. The van der Waals surface area contributed by atoms with Crippen LogP contribution in [0.4, 0.5) is 0 Å². The molecule has 0 aromatic carbocycles. The summed E-state index contributed by atoms with van der Waals surface area (Å²) in [5.41, 5.74) is 0. The lowest BCUT2D eigenvalue weighted by molar-refractivity contribution is -0.149. The Morgan fingerprint density at radius 1 is 1.15 bits per heavy atom. The van der Waals surface area contributed by atoms with Gasteiger partial charge in [-0.1, -0.05) is 39.0 Å². The minimum absolute atomic E-state index is 0.224. The van der Waals surface area contributed by atoms with Crippen LogP contribution >= 0.6 is 23.2 Å². The van der Waals surface area contributed by atoms with Gasteiger partial charge in [0, 0.05) is 0 Å². The van der Waals surface area contributed by atoms with Crippen molar-refractivity contribution < 1.29 is 19.4 Å². The maximum atomic E-state index is 11.9. The number of alkyl halides is 2. The molecule has 20 heavy (non-hydrogen) atoms. The number of ether oxygens (including phenoxy) is 1. The molecule has 0 radical (unpaired) electrons. The number of hydrogen-bond acceptors (Lipinski definition) is 3. The molecule has 1 unspecified atom stereocenters. The first-order valence-corrected chi connectivity index (χ1v) is 7.87. The van der Waals surface area contributed by atoms with Crippen molar-refractivity contribution >= 4 is 35.1 Å². The van der Waals surface area contributed by atoms with E-state index in [4.69, 9.17) is 33.0 Å². The van der Waals surface area contributed by atoms with Crippen molar-refractivity contribution in [3.63, 3.8) is 0 Å². The molecule has 0 aromatic heterocycles. The molecule has 1 atom stereocenters. The molecule has 1 N–H and O–H groups in total. The Balaban J connectivity index is 4.55. The van der Waals surface area contributed by atoms with Gasteiger partial charge in [-0.15, -0.1) is 23.2 Å². The Morgan fingerprint density at radius 2 is 1.75 bits per heavy atom. The van der Waals surface area contributed by atoms with Gasteiger partial charge in [-0.2, -0.15) is 0 Å². The van der Waals surface area contributed by atoms with Gasteiger partial charge in [0.05, 0.1) is 18.9 Å². The van der Waals surface area contributed by atoms with Crippen molar-refractivity contribution in [2.24, 2.45) is 5.92 Å². The molecule has 4 nitrogen and oxygen atoms in total. The van der Waals surface area contributed by atoms with Crippen LogP contribution < -0.4 is 0 Å². The van der Waals surface area contributed by atoms with Gasteiger partial charge in [0.25, 0.3) is 0 Å². The smallest absolute Gasteiger partial charge is 0.311 e. The normalized spacial score (nSPS) is 13.0. The van der Waals surface area contributed by atoms with E-state index in [1.807, 2.05) is 0 Å². The number of hydrogen-bond donors (Lipinski definition) is 1. The monoisotopic (exact) mass is 326 g/mol. The first-order valence-electron chi connectivity index (χ1n) is 7.11. The molecule has 0 fully saturated rings. The first kappa shape index (κ1) is 19.5. The molecule has 0 rings (SSSR count). The van der Waals surface area contributed by atoms with Crippen LogP contribution in [0.25, 0.3) is 0 Å². The highest BCUT2D eigenvalue weighted by Crippen LogP contribution is 2.38. The van der Waals surface area contributed by atoms with Gasteiger partial charge in [0.1, 0.15) is 4.33 Å². The highest BCUT2D eigenvalue weighted by atomic mass is 35.5. The van der Waals surface area contributed by atoms with Crippen molar-refractivity contribution in [3.8, 4) is 0 Å². The summed E-state index contributed by atoms with van der Waals surface area (Å²) in [5, 5.41) is 8.83. The van der Waals surface area contributed by atoms with Gasteiger partial charge in [-0.3, -0.25) is 9.59 Å². The molecule has 0 saturated carbocycles. The van der Waals surface area contributed by atoms with E-state index in [0.29, 0.717) is 6.42 Å². The third-order valence-electron chi connectivity index (χ3n) is 3.06. The van der Waals surface area contributed by atoms with Crippen LogP contribution in [-0.4, -0.2) is 28.0 Å². The third-order valence-corrected chi connectivity index (χ3v) is 3.86. The SMILES string of the molecule is CCCCCCCC(C(=O)OCC)C(Cl)(Cl)CC(=O)O. The van der Waals surface area contributed by atoms with Crippen LogP contribution in [0.2, 0.25) is 0 Å². The fourth-order valence-electron chi connectivity index (χ4n) is 2.02. The molecule has 0 bridgehead atoms. The molecular weight excluding hydrogens is 303 g/mol. The van der Waals surface area contributed by atoms with Gasteiger partial charge < -0.3 is 9.84 Å². The van der Waals surface area contributed by atoms with Crippen LogP contribution in [0.5, 0.6) is 0 Å². The van der Waals surface area contributed by atoms with E-state index < -0.39 is 28.6 Å². The Labute approximate surface area is 130 Å². The third kappa shape index (κ3) is 7.95. The number of aliphatic carboxylic acids is 1. The van der Waals surface area contributed by atoms with E-state index in [0.717, 1.165) is 32.1 Å². The zero-order chi connectivity index (χ0) is 15.6. The zero-order valence-corrected chi connectivity index (χ0v) is 13.7. The van der Waals surface area contributed by atoms with Crippen LogP contribution in [-0.2, 0) is 14.3 Å². The average Bonchev–Trinajstić information content (AvgIpc) is 2.31. The van der Waals surface area contributed by atoms with E-state index in [9.17, 15) is 9.59 Å². The highest BCUT2D eigenvalue weighted by molar-refractivity contribution is 6.50. The Kier molecular flexibility index (Phi) is 10.0. The second kappa shape index (κ2) is 10.3. The largest absolute Gasteiger partial charge is 0.481 e. The number of carboxylic acid groups (broad SMARTS) is 1. The number of unbranched alkanes of at least 4 members (excludes halogenated alkanes) is 4. The maximum Gasteiger partial charge on any atom is 0.311 e. The molecule has 0 aromatic rings. The molecule has 0 aliphatic rings. The van der Waals surface area contributed by atoms with Gasteiger partial charge in [0.15, 0.2) is 0 Å². The van der Waals surface area contributed by atoms with E-state index in [1.54, 1.807) is 6.92 Å². The molecule has 0 aliphatic carbocycles. The first-order chi connectivity index (χ1) is 9.35. The fraction of sp³-hybridized carbons (Fsp3) is 0.857. The fourth-order valence-corrected chi connectivity index (χ4v) is 2.65. The molecule has 0 amide bonds. The molecular formula is C14H24Cl2O4. The lowest BCUT2D eigenvalue weighted by Crippen LogP contribution is -2.36. The predicted molar refractivity (Wildman–Crippen MR) is 80.2 cm³/mol. The van der Waals surface area contributed by atoms with Gasteiger partial charge in [-0.25, -0.2) is 0 Å². The van der Waals surface area contributed by atoms with Gasteiger partial charge in [0.2, 0.25) is 0 Å². The van der Waals surface area contributed by atoms with E-state index in [-0.39, 0.29) is 6.61 Å². The van der Waals surface area contributed by atoms with Crippen LogP contribution in [0.15, 0.2) is 0 Å². The van der Waals surface area contributed by atoms with Crippen molar-refractivity contribution in [1.82, 2.24) is 0 Å². The Morgan fingerprint density at radius 3 is 2.25 bits per heavy atom. The molecule has 0 heterocycles. The van der Waals surface area contributed by atoms with E-state index in [2.05, 4.69) is 6.92 Å². The lowest BCUT2D eigenvalue weighted by Gasteiger charge is -2.26. The summed E-state index contributed by atoms with van der Waals surface area (Å²) in [6.07, 6.45) is 5.09. The summed E-state index contributed by atoms with van der Waals surface area (Å²) in [7, 11) is 0. The lowest BCUT2D eigenvalue weighted by atomic mass is 9.94. The Hall–Kier alpha value is -0.480. The summed E-state index contributed by atoms with van der Waals surface area (Å²) in [6, 6.07) is 0. The molecule has 118 valence electrons. The summed E-state index contributed by atoms with van der Waals surface area (Å²) < 4.78 is 3.33. The van der Waals surface area contributed by atoms with Gasteiger partial charge in [-0.05, 0) is 13.3 Å². The van der Waals surface area contributed by atoms with Crippen molar-refractivity contribution in [2.75, 3.05) is 6.61 Å². The van der Waals surface area contributed by atoms with Gasteiger partial charge >= 0.3 is 11.9 Å². The molecule has 0 aliphatic heterocycles. The summed E-state index contributed by atoms with van der Waals surface area (Å²) in [6.45, 7) is 4.04. The molecule has 0 spiro atoms.